The smallest absolute Gasteiger partial charge is 0.255 e. The van der Waals surface area contributed by atoms with Gasteiger partial charge >= 0.3 is 0 Å². The second-order valence-corrected chi connectivity index (χ2v) is 5.01. The van der Waals surface area contributed by atoms with Gasteiger partial charge in [-0.05, 0) is 48.4 Å². The topological polar surface area (TPSA) is 58.2 Å². The number of amides is 2. The van der Waals surface area contributed by atoms with Gasteiger partial charge in [-0.25, -0.2) is 4.39 Å². The average molecular weight is 284 g/mol. The van der Waals surface area contributed by atoms with E-state index in [1.807, 2.05) is 0 Å². The van der Waals surface area contributed by atoms with Crippen molar-refractivity contribution in [3.8, 4) is 0 Å². The second kappa shape index (κ2) is 5.01. The first-order chi connectivity index (χ1) is 10.0. The monoisotopic (exact) mass is 284 g/mol. The zero-order valence-electron chi connectivity index (χ0n) is 11.4. The number of fused-ring (bicyclic) bond motifs is 1. The largest absolute Gasteiger partial charge is 0.326 e. The van der Waals surface area contributed by atoms with Crippen LogP contribution >= 0.6 is 0 Å². The number of nitrogens with one attached hydrogen (secondary N) is 2. The molecule has 4 nitrogen and oxygen atoms in total. The highest BCUT2D eigenvalue weighted by Crippen LogP contribution is 2.25. The first-order valence-electron chi connectivity index (χ1n) is 6.53. The quantitative estimate of drug-likeness (QED) is 0.891. The van der Waals surface area contributed by atoms with Gasteiger partial charge in [0.15, 0.2) is 0 Å². The molecule has 0 bridgehead atoms. The highest BCUT2D eigenvalue weighted by Gasteiger charge is 2.19. The van der Waals surface area contributed by atoms with Crippen molar-refractivity contribution in [3.05, 3.63) is 58.9 Å². The van der Waals surface area contributed by atoms with E-state index in [1.165, 1.54) is 18.2 Å². The Labute approximate surface area is 121 Å². The molecule has 0 saturated heterocycles. The van der Waals surface area contributed by atoms with Gasteiger partial charge in [-0.15, -0.1) is 0 Å². The standard InChI is InChI=1S/C16H13FN2O2/c1-9-6-12(17)4-5-13(9)19-16(21)11-3-2-10-8-15(20)18-14(10)7-11/h2-7H,8H2,1H3,(H,18,20)(H,19,21). The Bertz CT molecular complexity index is 756. The number of carbonyl (C=O) groups is 2. The minimum atomic E-state index is -0.342. The van der Waals surface area contributed by atoms with E-state index in [9.17, 15) is 14.0 Å². The number of anilines is 2. The molecule has 21 heavy (non-hydrogen) atoms. The molecule has 2 aromatic rings. The van der Waals surface area contributed by atoms with E-state index in [-0.39, 0.29) is 17.6 Å². The van der Waals surface area contributed by atoms with Crippen LogP contribution in [0.4, 0.5) is 15.8 Å². The van der Waals surface area contributed by atoms with Gasteiger partial charge < -0.3 is 10.6 Å². The Balaban J connectivity index is 1.83. The van der Waals surface area contributed by atoms with Crippen LogP contribution in [-0.2, 0) is 11.2 Å². The van der Waals surface area contributed by atoms with Crippen molar-refractivity contribution in [2.45, 2.75) is 13.3 Å². The maximum atomic E-state index is 13.0. The summed E-state index contributed by atoms with van der Waals surface area (Å²) in [6.07, 6.45) is 0.342. The van der Waals surface area contributed by atoms with Gasteiger partial charge in [0.05, 0.1) is 6.42 Å². The molecular weight excluding hydrogens is 271 g/mol. The van der Waals surface area contributed by atoms with Crippen LogP contribution in [0.1, 0.15) is 21.5 Å². The third-order valence-corrected chi connectivity index (χ3v) is 3.43. The van der Waals surface area contributed by atoms with Crippen LogP contribution in [0, 0.1) is 12.7 Å². The lowest BCUT2D eigenvalue weighted by atomic mass is 10.1. The SMILES string of the molecule is Cc1cc(F)ccc1NC(=O)c1ccc2c(c1)NC(=O)C2. The summed E-state index contributed by atoms with van der Waals surface area (Å²) in [7, 11) is 0. The molecule has 2 aromatic carbocycles. The van der Waals surface area contributed by atoms with E-state index in [0.29, 0.717) is 28.9 Å². The van der Waals surface area contributed by atoms with Crippen LogP contribution in [0.2, 0.25) is 0 Å². The van der Waals surface area contributed by atoms with Crippen LogP contribution in [0.3, 0.4) is 0 Å². The van der Waals surface area contributed by atoms with E-state index in [1.54, 1.807) is 25.1 Å². The minimum Gasteiger partial charge on any atom is -0.326 e. The highest BCUT2D eigenvalue weighted by molar-refractivity contribution is 6.07. The maximum Gasteiger partial charge on any atom is 0.255 e. The third kappa shape index (κ3) is 2.63. The molecule has 5 heteroatoms. The van der Waals surface area contributed by atoms with Crippen molar-refractivity contribution < 1.29 is 14.0 Å². The number of hydrogen-bond donors (Lipinski definition) is 2. The highest BCUT2D eigenvalue weighted by atomic mass is 19.1. The number of rotatable bonds is 2. The molecule has 2 amide bonds. The zero-order valence-corrected chi connectivity index (χ0v) is 11.4. The lowest BCUT2D eigenvalue weighted by molar-refractivity contribution is -0.115. The number of carbonyl (C=O) groups excluding carboxylic acids is 2. The second-order valence-electron chi connectivity index (χ2n) is 5.01. The van der Waals surface area contributed by atoms with E-state index in [4.69, 9.17) is 0 Å². The first-order valence-corrected chi connectivity index (χ1v) is 6.53. The van der Waals surface area contributed by atoms with Crippen molar-refractivity contribution >= 4 is 23.2 Å². The molecule has 0 fully saturated rings. The summed E-state index contributed by atoms with van der Waals surface area (Å²) in [6, 6.07) is 9.27. The van der Waals surface area contributed by atoms with E-state index < -0.39 is 0 Å². The number of hydrogen-bond acceptors (Lipinski definition) is 2. The van der Waals surface area contributed by atoms with Crippen LogP contribution in [-0.4, -0.2) is 11.8 Å². The summed E-state index contributed by atoms with van der Waals surface area (Å²) in [5.41, 5.74) is 3.21. The molecule has 0 atom stereocenters. The number of aryl methyl sites for hydroxylation is 1. The van der Waals surface area contributed by atoms with E-state index >= 15 is 0 Å². The third-order valence-electron chi connectivity index (χ3n) is 3.43. The van der Waals surface area contributed by atoms with Gasteiger partial charge in [-0.2, -0.15) is 0 Å². The van der Waals surface area contributed by atoms with Crippen molar-refractivity contribution in [2.75, 3.05) is 10.6 Å². The van der Waals surface area contributed by atoms with Gasteiger partial charge in [0, 0.05) is 16.9 Å². The fraction of sp³-hybridized carbons (Fsp3) is 0.125. The van der Waals surface area contributed by atoms with Gasteiger partial charge in [0.25, 0.3) is 5.91 Å². The summed E-state index contributed by atoms with van der Waals surface area (Å²) >= 11 is 0. The lowest BCUT2D eigenvalue weighted by Gasteiger charge is -2.09. The molecule has 1 aliphatic heterocycles. The molecule has 0 unspecified atom stereocenters. The van der Waals surface area contributed by atoms with Crippen LogP contribution in [0.15, 0.2) is 36.4 Å². The Kier molecular flexibility index (Phi) is 3.17. The van der Waals surface area contributed by atoms with Crippen LogP contribution in [0.5, 0.6) is 0 Å². The maximum absolute atomic E-state index is 13.0. The molecule has 0 radical (unpaired) electrons. The van der Waals surface area contributed by atoms with E-state index in [2.05, 4.69) is 10.6 Å². The summed E-state index contributed by atoms with van der Waals surface area (Å²) < 4.78 is 13.0. The van der Waals surface area contributed by atoms with Crippen molar-refractivity contribution in [2.24, 2.45) is 0 Å². The van der Waals surface area contributed by atoms with E-state index in [0.717, 1.165) is 5.56 Å². The Morgan fingerprint density at radius 2 is 2.05 bits per heavy atom. The van der Waals surface area contributed by atoms with Crippen molar-refractivity contribution in [1.82, 2.24) is 0 Å². The normalized spacial score (nSPS) is 12.8. The van der Waals surface area contributed by atoms with Crippen molar-refractivity contribution in [3.63, 3.8) is 0 Å². The van der Waals surface area contributed by atoms with Crippen molar-refractivity contribution in [1.29, 1.82) is 0 Å². The molecule has 0 spiro atoms. The van der Waals surface area contributed by atoms with Crippen LogP contribution < -0.4 is 10.6 Å². The average Bonchev–Trinajstić information content (AvgIpc) is 2.80. The predicted molar refractivity (Wildman–Crippen MR) is 77.9 cm³/mol. The Hall–Kier alpha value is -2.69. The van der Waals surface area contributed by atoms with Gasteiger partial charge in [-0.3, -0.25) is 9.59 Å². The molecule has 1 heterocycles. The number of halogens is 1. The summed E-state index contributed by atoms with van der Waals surface area (Å²) in [6.45, 7) is 1.72. The van der Waals surface area contributed by atoms with Gasteiger partial charge in [0.1, 0.15) is 5.82 Å². The predicted octanol–water partition coefficient (Wildman–Crippen LogP) is 2.88. The Morgan fingerprint density at radius 3 is 2.81 bits per heavy atom. The Morgan fingerprint density at radius 1 is 1.24 bits per heavy atom. The molecule has 0 saturated carbocycles. The fourth-order valence-electron chi connectivity index (χ4n) is 2.32. The zero-order chi connectivity index (χ0) is 15.0. The summed E-state index contributed by atoms with van der Waals surface area (Å²) in [5, 5.41) is 5.44. The van der Waals surface area contributed by atoms with Crippen LogP contribution in [0.25, 0.3) is 0 Å². The molecule has 1 aliphatic rings. The lowest BCUT2D eigenvalue weighted by Crippen LogP contribution is -2.13. The fourth-order valence-corrected chi connectivity index (χ4v) is 2.32. The number of benzene rings is 2. The molecule has 0 aromatic heterocycles. The van der Waals surface area contributed by atoms with Gasteiger partial charge in [-0.1, -0.05) is 6.07 Å². The molecule has 0 aliphatic carbocycles. The minimum absolute atomic E-state index is 0.0723. The summed E-state index contributed by atoms with van der Waals surface area (Å²) in [5.74, 6) is -0.712. The molecule has 2 N–H and O–H groups in total. The molecule has 3 rings (SSSR count). The van der Waals surface area contributed by atoms with Gasteiger partial charge in [0.2, 0.25) is 5.91 Å². The molecule has 106 valence electrons. The first kappa shape index (κ1) is 13.3. The summed E-state index contributed by atoms with van der Waals surface area (Å²) in [4.78, 5) is 23.5. The molecular formula is C16H13FN2O2.